The number of aromatic nitrogens is 1. The lowest BCUT2D eigenvalue weighted by Crippen LogP contribution is -2.31. The second-order valence-corrected chi connectivity index (χ2v) is 6.67. The molecule has 0 aromatic carbocycles. The molecular weight excluding hydrogens is 272 g/mol. The molecule has 0 radical (unpaired) electrons. The monoisotopic (exact) mass is 292 g/mol. The van der Waals surface area contributed by atoms with Gasteiger partial charge in [0.1, 0.15) is 5.76 Å². The number of hydrogen-bond acceptors (Lipinski definition) is 5. The molecule has 2 aromatic heterocycles. The molecule has 2 aromatic rings. The van der Waals surface area contributed by atoms with Crippen molar-refractivity contribution in [1.29, 1.82) is 0 Å². The summed E-state index contributed by atoms with van der Waals surface area (Å²) in [5, 5.41) is 9.39. The Morgan fingerprint density at radius 3 is 3.00 bits per heavy atom. The number of oxazole rings is 1. The molecule has 3 rings (SSSR count). The molecule has 0 aliphatic carbocycles. The minimum Gasteiger partial charge on any atom is -0.440 e. The molecule has 20 heavy (non-hydrogen) atoms. The molecule has 1 aliphatic rings. The summed E-state index contributed by atoms with van der Waals surface area (Å²) in [6.45, 7) is 6.08. The third-order valence-electron chi connectivity index (χ3n) is 3.91. The van der Waals surface area contributed by atoms with Crippen LogP contribution in [0.1, 0.15) is 29.2 Å². The van der Waals surface area contributed by atoms with E-state index in [4.69, 9.17) is 4.42 Å². The van der Waals surface area contributed by atoms with Gasteiger partial charge in [-0.15, -0.1) is 11.3 Å². The summed E-state index contributed by atoms with van der Waals surface area (Å²) < 4.78 is 5.80. The number of aliphatic hydroxyl groups is 1. The maximum atomic E-state index is 9.39. The molecule has 0 saturated carbocycles. The second-order valence-electron chi connectivity index (χ2n) is 5.38. The van der Waals surface area contributed by atoms with Crippen molar-refractivity contribution in [1.82, 2.24) is 9.88 Å². The smallest absolute Gasteiger partial charge is 0.236 e. The predicted molar refractivity (Wildman–Crippen MR) is 79.8 cm³/mol. The van der Waals surface area contributed by atoms with E-state index >= 15 is 0 Å². The largest absolute Gasteiger partial charge is 0.440 e. The number of aliphatic hydroxyl groups excluding tert-OH is 1. The van der Waals surface area contributed by atoms with Gasteiger partial charge in [-0.25, -0.2) is 4.98 Å². The molecule has 0 amide bonds. The maximum Gasteiger partial charge on any atom is 0.236 e. The summed E-state index contributed by atoms with van der Waals surface area (Å²) in [5.74, 6) is 1.60. The standard InChI is InChI=1S/C15H20N2O2S/c1-10-5-6-14(20-10)15-16-13(11(2)19-15)8-17-7-3-4-12(17)9-18/h5-6,12,18H,3-4,7-9H2,1-2H3/t12-/m0/s1. The predicted octanol–water partition coefficient (Wildman–Crippen LogP) is 2.98. The van der Waals surface area contributed by atoms with Crippen molar-refractivity contribution < 1.29 is 9.52 Å². The molecular formula is C15H20N2O2S. The van der Waals surface area contributed by atoms with E-state index in [1.807, 2.05) is 6.92 Å². The lowest BCUT2D eigenvalue weighted by molar-refractivity contribution is 0.152. The lowest BCUT2D eigenvalue weighted by atomic mass is 10.2. The van der Waals surface area contributed by atoms with E-state index in [2.05, 4.69) is 28.9 Å². The first-order valence-electron chi connectivity index (χ1n) is 7.05. The van der Waals surface area contributed by atoms with Crippen LogP contribution >= 0.6 is 11.3 Å². The zero-order valence-electron chi connectivity index (χ0n) is 11.9. The highest BCUT2D eigenvalue weighted by Gasteiger charge is 2.25. The highest BCUT2D eigenvalue weighted by Crippen LogP contribution is 2.29. The fraction of sp³-hybridized carbons (Fsp3) is 0.533. The fourth-order valence-corrected chi connectivity index (χ4v) is 3.53. The van der Waals surface area contributed by atoms with Crippen molar-refractivity contribution in [3.05, 3.63) is 28.5 Å². The molecule has 1 saturated heterocycles. The van der Waals surface area contributed by atoms with Crippen molar-refractivity contribution >= 4 is 11.3 Å². The van der Waals surface area contributed by atoms with Crippen LogP contribution in [0.2, 0.25) is 0 Å². The zero-order valence-corrected chi connectivity index (χ0v) is 12.7. The van der Waals surface area contributed by atoms with Crippen LogP contribution in [0.3, 0.4) is 0 Å². The van der Waals surface area contributed by atoms with Crippen LogP contribution < -0.4 is 0 Å². The summed E-state index contributed by atoms with van der Waals surface area (Å²) in [6.07, 6.45) is 2.23. The number of hydrogen-bond donors (Lipinski definition) is 1. The summed E-state index contributed by atoms with van der Waals surface area (Å²) >= 11 is 1.70. The Morgan fingerprint density at radius 2 is 2.30 bits per heavy atom. The normalized spacial score (nSPS) is 19.9. The van der Waals surface area contributed by atoms with Gasteiger partial charge in [0, 0.05) is 17.5 Å². The Morgan fingerprint density at radius 1 is 1.45 bits per heavy atom. The van der Waals surface area contributed by atoms with E-state index in [-0.39, 0.29) is 12.6 Å². The van der Waals surface area contributed by atoms with E-state index < -0.39 is 0 Å². The molecule has 4 nitrogen and oxygen atoms in total. The molecule has 108 valence electrons. The van der Waals surface area contributed by atoms with Gasteiger partial charge >= 0.3 is 0 Å². The average Bonchev–Trinajstić information content (AvgIpc) is 3.12. The van der Waals surface area contributed by atoms with Gasteiger partial charge in [0.05, 0.1) is 17.2 Å². The third-order valence-corrected chi connectivity index (χ3v) is 4.90. The van der Waals surface area contributed by atoms with E-state index in [1.54, 1.807) is 11.3 Å². The summed E-state index contributed by atoms with van der Waals surface area (Å²) in [6, 6.07) is 4.42. The molecule has 0 unspecified atom stereocenters. The van der Waals surface area contributed by atoms with Crippen LogP contribution in [0, 0.1) is 13.8 Å². The maximum absolute atomic E-state index is 9.39. The first-order chi connectivity index (χ1) is 9.67. The molecule has 1 atom stereocenters. The van der Waals surface area contributed by atoms with Crippen molar-refractivity contribution in [2.45, 2.75) is 39.3 Å². The number of thiophene rings is 1. The first-order valence-corrected chi connectivity index (χ1v) is 7.87. The fourth-order valence-electron chi connectivity index (χ4n) is 2.73. The van der Waals surface area contributed by atoms with E-state index in [0.29, 0.717) is 0 Å². The number of nitrogens with zero attached hydrogens (tertiary/aromatic N) is 2. The van der Waals surface area contributed by atoms with Gasteiger partial charge in [-0.2, -0.15) is 0 Å². The number of likely N-dealkylation sites (tertiary alicyclic amines) is 1. The van der Waals surface area contributed by atoms with Gasteiger partial charge in [0.2, 0.25) is 5.89 Å². The van der Waals surface area contributed by atoms with Crippen LogP contribution in [-0.2, 0) is 6.54 Å². The highest BCUT2D eigenvalue weighted by molar-refractivity contribution is 7.15. The minimum absolute atomic E-state index is 0.230. The lowest BCUT2D eigenvalue weighted by Gasteiger charge is -2.21. The van der Waals surface area contributed by atoms with E-state index in [9.17, 15) is 5.11 Å². The number of aryl methyl sites for hydroxylation is 2. The Balaban J connectivity index is 1.79. The second kappa shape index (κ2) is 5.68. The molecule has 1 N–H and O–H groups in total. The summed E-state index contributed by atoms with van der Waals surface area (Å²) in [5.41, 5.74) is 0.992. The quantitative estimate of drug-likeness (QED) is 0.941. The average molecular weight is 292 g/mol. The summed E-state index contributed by atoms with van der Waals surface area (Å²) in [4.78, 5) is 9.29. The molecule has 5 heteroatoms. The Labute approximate surface area is 123 Å². The van der Waals surface area contributed by atoms with Crippen molar-refractivity contribution in [2.24, 2.45) is 0 Å². The van der Waals surface area contributed by atoms with Gasteiger partial charge in [-0.3, -0.25) is 4.90 Å². The molecule has 1 aliphatic heterocycles. The molecule has 0 spiro atoms. The van der Waals surface area contributed by atoms with Gasteiger partial charge in [0.25, 0.3) is 0 Å². The van der Waals surface area contributed by atoms with Crippen LogP contribution in [0.25, 0.3) is 10.8 Å². The topological polar surface area (TPSA) is 49.5 Å². The Bertz CT molecular complexity index is 590. The first kappa shape index (κ1) is 13.8. The van der Waals surface area contributed by atoms with Crippen molar-refractivity contribution in [2.75, 3.05) is 13.2 Å². The van der Waals surface area contributed by atoms with Gasteiger partial charge in [0.15, 0.2) is 0 Å². The minimum atomic E-state index is 0.230. The van der Waals surface area contributed by atoms with Crippen LogP contribution in [0.15, 0.2) is 16.5 Å². The SMILES string of the molecule is Cc1ccc(-c2nc(CN3CCC[C@H]3CO)c(C)o2)s1. The highest BCUT2D eigenvalue weighted by atomic mass is 32.1. The molecule has 0 bridgehead atoms. The van der Waals surface area contributed by atoms with E-state index in [1.165, 1.54) is 4.88 Å². The van der Waals surface area contributed by atoms with E-state index in [0.717, 1.165) is 48.2 Å². The third kappa shape index (κ3) is 2.66. The Hall–Kier alpha value is -1.17. The van der Waals surface area contributed by atoms with Gasteiger partial charge < -0.3 is 9.52 Å². The van der Waals surface area contributed by atoms with Crippen molar-refractivity contribution in [3.8, 4) is 10.8 Å². The van der Waals surface area contributed by atoms with Gasteiger partial charge in [-0.1, -0.05) is 0 Å². The van der Waals surface area contributed by atoms with Crippen LogP contribution in [-0.4, -0.2) is 34.2 Å². The Kier molecular flexibility index (Phi) is 3.92. The van der Waals surface area contributed by atoms with Gasteiger partial charge in [-0.05, 0) is 45.4 Å². The summed E-state index contributed by atoms with van der Waals surface area (Å²) in [7, 11) is 0. The van der Waals surface area contributed by atoms with Crippen LogP contribution in [0.4, 0.5) is 0 Å². The molecule has 1 fully saturated rings. The van der Waals surface area contributed by atoms with Crippen LogP contribution in [0.5, 0.6) is 0 Å². The molecule has 3 heterocycles. The zero-order chi connectivity index (χ0) is 14.1. The van der Waals surface area contributed by atoms with Crippen molar-refractivity contribution in [3.63, 3.8) is 0 Å². The number of rotatable bonds is 4.